The summed E-state index contributed by atoms with van der Waals surface area (Å²) in [6.07, 6.45) is 0. The summed E-state index contributed by atoms with van der Waals surface area (Å²) >= 11 is 2.75. The number of aromatic nitrogens is 4. The maximum Gasteiger partial charge on any atom is 0.265 e. The Bertz CT molecular complexity index is 806. The first-order chi connectivity index (χ1) is 11.1. The van der Waals surface area contributed by atoms with Crippen molar-refractivity contribution in [1.29, 1.82) is 0 Å². The second kappa shape index (κ2) is 6.59. The van der Waals surface area contributed by atoms with Crippen molar-refractivity contribution in [2.75, 3.05) is 6.54 Å². The molecule has 1 amide bonds. The number of nitrogens with one attached hydrogen (secondary N) is 1. The normalized spacial score (nSPS) is 12.3. The molecule has 3 heterocycles. The maximum atomic E-state index is 12.3. The van der Waals surface area contributed by atoms with E-state index in [1.165, 1.54) is 0 Å². The highest BCUT2D eigenvalue weighted by atomic mass is 32.1. The second-order valence-electron chi connectivity index (χ2n) is 5.34. The molecular weight excluding hydrogens is 330 g/mol. The average molecular weight is 347 g/mol. The Balaban J connectivity index is 1.82. The minimum absolute atomic E-state index is 0.0277. The van der Waals surface area contributed by atoms with Gasteiger partial charge in [0.25, 0.3) is 5.91 Å². The molecule has 0 radical (unpaired) electrons. The molecule has 1 atom stereocenters. The van der Waals surface area contributed by atoms with Crippen LogP contribution in [0.5, 0.6) is 0 Å². The molecule has 0 saturated carbocycles. The lowest BCUT2D eigenvalue weighted by Gasteiger charge is -2.19. The van der Waals surface area contributed by atoms with Crippen molar-refractivity contribution in [2.45, 2.75) is 26.8 Å². The standard InChI is InChI=1S/C15H17N5OS2/c1-9-6-10(2)20(18-9)13(12-4-5-22-8-12)7-16-15(21)14-11(3)17-19-23-14/h4-6,8,13H,7H2,1-3H3,(H,16,21). The predicted molar refractivity (Wildman–Crippen MR) is 91.1 cm³/mol. The monoisotopic (exact) mass is 347 g/mol. The summed E-state index contributed by atoms with van der Waals surface area (Å²) in [7, 11) is 0. The van der Waals surface area contributed by atoms with Crippen LogP contribution in [0, 0.1) is 20.8 Å². The molecule has 23 heavy (non-hydrogen) atoms. The number of carbonyl (C=O) groups excluding carboxylic acids is 1. The van der Waals surface area contributed by atoms with Crippen LogP contribution in [0.4, 0.5) is 0 Å². The van der Waals surface area contributed by atoms with Crippen molar-refractivity contribution >= 4 is 28.8 Å². The van der Waals surface area contributed by atoms with Gasteiger partial charge in [-0.2, -0.15) is 16.4 Å². The van der Waals surface area contributed by atoms with Crippen LogP contribution >= 0.6 is 22.9 Å². The molecule has 8 heteroatoms. The minimum atomic E-state index is -0.140. The minimum Gasteiger partial charge on any atom is -0.349 e. The van der Waals surface area contributed by atoms with Gasteiger partial charge in [-0.15, -0.1) is 5.10 Å². The highest BCUT2D eigenvalue weighted by Crippen LogP contribution is 2.22. The molecule has 0 aliphatic carbocycles. The van der Waals surface area contributed by atoms with Crippen LogP contribution in [0.25, 0.3) is 0 Å². The van der Waals surface area contributed by atoms with Gasteiger partial charge in [0.15, 0.2) is 0 Å². The van der Waals surface area contributed by atoms with Gasteiger partial charge in [-0.25, -0.2) is 0 Å². The van der Waals surface area contributed by atoms with Crippen molar-refractivity contribution in [3.05, 3.63) is 50.4 Å². The van der Waals surface area contributed by atoms with E-state index in [1.54, 1.807) is 18.3 Å². The quantitative estimate of drug-likeness (QED) is 0.770. The highest BCUT2D eigenvalue weighted by molar-refractivity contribution is 7.08. The van der Waals surface area contributed by atoms with E-state index >= 15 is 0 Å². The third kappa shape index (κ3) is 3.32. The van der Waals surface area contributed by atoms with Crippen LogP contribution in [0.1, 0.15) is 38.4 Å². The van der Waals surface area contributed by atoms with Gasteiger partial charge in [-0.05, 0) is 60.8 Å². The zero-order chi connectivity index (χ0) is 16.4. The largest absolute Gasteiger partial charge is 0.349 e. The molecule has 0 saturated heterocycles. The number of aryl methyl sites for hydroxylation is 3. The van der Waals surface area contributed by atoms with E-state index in [0.29, 0.717) is 17.1 Å². The summed E-state index contributed by atoms with van der Waals surface area (Å²) in [5.74, 6) is -0.140. The zero-order valence-corrected chi connectivity index (χ0v) is 14.7. The van der Waals surface area contributed by atoms with Gasteiger partial charge >= 0.3 is 0 Å². The van der Waals surface area contributed by atoms with Crippen molar-refractivity contribution in [3.63, 3.8) is 0 Å². The number of thiophene rings is 1. The molecule has 0 bridgehead atoms. The fraction of sp³-hybridized carbons (Fsp3) is 0.333. The van der Waals surface area contributed by atoms with E-state index in [4.69, 9.17) is 0 Å². The lowest BCUT2D eigenvalue weighted by molar-refractivity contribution is 0.0952. The summed E-state index contributed by atoms with van der Waals surface area (Å²) < 4.78 is 5.78. The Morgan fingerprint density at radius 1 is 1.39 bits per heavy atom. The third-order valence-corrected chi connectivity index (χ3v) is 5.11. The number of carbonyl (C=O) groups is 1. The number of hydrogen-bond donors (Lipinski definition) is 1. The summed E-state index contributed by atoms with van der Waals surface area (Å²) in [6, 6.07) is 4.08. The smallest absolute Gasteiger partial charge is 0.265 e. The van der Waals surface area contributed by atoms with Crippen molar-refractivity contribution in [1.82, 2.24) is 24.7 Å². The summed E-state index contributed by atoms with van der Waals surface area (Å²) in [5, 5.41) is 15.6. The van der Waals surface area contributed by atoms with Crippen molar-refractivity contribution in [2.24, 2.45) is 0 Å². The fourth-order valence-electron chi connectivity index (χ4n) is 2.48. The molecule has 0 aromatic carbocycles. The summed E-state index contributed by atoms with van der Waals surface area (Å²) in [6.45, 7) is 6.25. The Kier molecular flexibility index (Phi) is 4.53. The first-order valence-electron chi connectivity index (χ1n) is 7.18. The molecule has 0 fully saturated rings. The fourth-order valence-corrected chi connectivity index (χ4v) is 3.76. The molecule has 0 aliphatic rings. The highest BCUT2D eigenvalue weighted by Gasteiger charge is 2.20. The Morgan fingerprint density at radius 3 is 2.78 bits per heavy atom. The molecule has 1 unspecified atom stereocenters. The van der Waals surface area contributed by atoms with Gasteiger partial charge in [-0.3, -0.25) is 9.48 Å². The van der Waals surface area contributed by atoms with Gasteiger partial charge in [0.2, 0.25) is 0 Å². The van der Waals surface area contributed by atoms with E-state index in [0.717, 1.165) is 28.5 Å². The lowest BCUT2D eigenvalue weighted by Crippen LogP contribution is -2.32. The first-order valence-corrected chi connectivity index (χ1v) is 8.90. The van der Waals surface area contributed by atoms with Gasteiger partial charge in [0, 0.05) is 12.2 Å². The number of rotatable bonds is 5. The molecule has 0 spiro atoms. The SMILES string of the molecule is Cc1cc(C)n(C(CNC(=O)c2snnc2C)c2ccsc2)n1. The van der Waals surface area contributed by atoms with Gasteiger partial charge in [0.1, 0.15) is 4.88 Å². The average Bonchev–Trinajstić information content (AvgIpc) is 3.22. The molecule has 120 valence electrons. The topological polar surface area (TPSA) is 72.7 Å². The van der Waals surface area contributed by atoms with E-state index in [1.807, 2.05) is 30.0 Å². The summed E-state index contributed by atoms with van der Waals surface area (Å²) in [5.41, 5.74) is 3.84. The van der Waals surface area contributed by atoms with E-state index in [2.05, 4.69) is 31.4 Å². The van der Waals surface area contributed by atoms with E-state index in [9.17, 15) is 4.79 Å². The van der Waals surface area contributed by atoms with Crippen LogP contribution in [-0.2, 0) is 0 Å². The van der Waals surface area contributed by atoms with Gasteiger partial charge in [-0.1, -0.05) is 4.49 Å². The van der Waals surface area contributed by atoms with E-state index < -0.39 is 0 Å². The van der Waals surface area contributed by atoms with E-state index in [-0.39, 0.29) is 11.9 Å². The second-order valence-corrected chi connectivity index (χ2v) is 6.88. The van der Waals surface area contributed by atoms with Crippen LogP contribution in [0.15, 0.2) is 22.9 Å². The number of amides is 1. The molecule has 0 aliphatic heterocycles. The lowest BCUT2D eigenvalue weighted by atomic mass is 10.1. The van der Waals surface area contributed by atoms with Gasteiger partial charge in [0.05, 0.1) is 17.4 Å². The third-order valence-electron chi connectivity index (χ3n) is 3.58. The molecule has 3 rings (SSSR count). The van der Waals surface area contributed by atoms with Crippen LogP contribution < -0.4 is 5.32 Å². The molecule has 1 N–H and O–H groups in total. The first kappa shape index (κ1) is 15.8. The van der Waals surface area contributed by atoms with Crippen LogP contribution in [0.2, 0.25) is 0 Å². The number of nitrogens with zero attached hydrogens (tertiary/aromatic N) is 4. The predicted octanol–water partition coefficient (Wildman–Crippen LogP) is 2.74. The molecule has 3 aromatic heterocycles. The Labute approximate surface area is 142 Å². The molecule has 6 nitrogen and oxygen atoms in total. The Morgan fingerprint density at radius 2 is 2.22 bits per heavy atom. The zero-order valence-electron chi connectivity index (χ0n) is 13.1. The van der Waals surface area contributed by atoms with Crippen molar-refractivity contribution in [3.8, 4) is 0 Å². The van der Waals surface area contributed by atoms with Gasteiger partial charge < -0.3 is 5.32 Å². The summed E-state index contributed by atoms with van der Waals surface area (Å²) in [4.78, 5) is 12.9. The molecular formula is C15H17N5OS2. The number of hydrogen-bond acceptors (Lipinski definition) is 6. The molecule has 3 aromatic rings. The maximum absolute atomic E-state index is 12.3. The van der Waals surface area contributed by atoms with Crippen LogP contribution in [0.3, 0.4) is 0 Å². The Hall–Kier alpha value is -2.06. The van der Waals surface area contributed by atoms with Crippen LogP contribution in [-0.4, -0.2) is 31.8 Å². The van der Waals surface area contributed by atoms with Crippen molar-refractivity contribution < 1.29 is 4.79 Å².